The Morgan fingerprint density at radius 3 is 2.41 bits per heavy atom. The summed E-state index contributed by atoms with van der Waals surface area (Å²) in [5, 5.41) is 0.666. The zero-order valence-electron chi connectivity index (χ0n) is 15.8. The van der Waals surface area contributed by atoms with Gasteiger partial charge in [-0.25, -0.2) is 4.79 Å². The summed E-state index contributed by atoms with van der Waals surface area (Å²) < 4.78 is 11.2. The number of allylic oxidation sites excluding steroid dienone is 1. The Bertz CT molecular complexity index is 817. The Morgan fingerprint density at radius 2 is 1.81 bits per heavy atom. The van der Waals surface area contributed by atoms with Crippen molar-refractivity contribution in [1.82, 2.24) is 0 Å². The van der Waals surface area contributed by atoms with Crippen LogP contribution in [0.3, 0.4) is 0 Å². The minimum absolute atomic E-state index is 0.0845. The molecular formula is C22H24ClNO3. The highest BCUT2D eigenvalue weighted by Gasteiger charge is 2.38. The first-order chi connectivity index (χ1) is 13.1. The van der Waals surface area contributed by atoms with Crippen LogP contribution in [0.2, 0.25) is 5.02 Å². The van der Waals surface area contributed by atoms with Crippen molar-refractivity contribution in [2.24, 2.45) is 0 Å². The van der Waals surface area contributed by atoms with Gasteiger partial charge in [-0.15, -0.1) is 0 Å². The molecule has 0 N–H and O–H groups in total. The van der Waals surface area contributed by atoms with Crippen LogP contribution in [0.4, 0.5) is 5.69 Å². The van der Waals surface area contributed by atoms with Crippen LogP contribution in [-0.2, 0) is 14.3 Å². The predicted octanol–water partition coefficient (Wildman–Crippen LogP) is 5.14. The molecule has 27 heavy (non-hydrogen) atoms. The van der Waals surface area contributed by atoms with E-state index in [0.29, 0.717) is 23.6 Å². The number of hydrogen-bond acceptors (Lipinski definition) is 4. The molecular weight excluding hydrogens is 362 g/mol. The zero-order valence-corrected chi connectivity index (χ0v) is 16.6. The first-order valence-corrected chi connectivity index (χ1v) is 9.45. The molecule has 4 nitrogen and oxygen atoms in total. The molecule has 0 amide bonds. The fourth-order valence-corrected chi connectivity index (χ4v) is 3.80. The summed E-state index contributed by atoms with van der Waals surface area (Å²) in [5.74, 6) is -0.365. The van der Waals surface area contributed by atoms with Crippen molar-refractivity contribution in [3.63, 3.8) is 0 Å². The predicted molar refractivity (Wildman–Crippen MR) is 108 cm³/mol. The maximum Gasteiger partial charge on any atom is 0.336 e. The van der Waals surface area contributed by atoms with Crippen LogP contribution < -0.4 is 4.90 Å². The van der Waals surface area contributed by atoms with E-state index in [4.69, 9.17) is 21.1 Å². The summed E-state index contributed by atoms with van der Waals surface area (Å²) >= 11 is 6.04. The van der Waals surface area contributed by atoms with Crippen LogP contribution in [0.15, 0.2) is 65.9 Å². The molecule has 0 saturated heterocycles. The summed E-state index contributed by atoms with van der Waals surface area (Å²) in [7, 11) is 1.69. The minimum atomic E-state index is -0.280. The fraction of sp³-hybridized carbons (Fsp3) is 0.318. The molecule has 0 saturated carbocycles. The number of carbonyl (C=O) groups is 1. The maximum absolute atomic E-state index is 12.8. The number of rotatable bonds is 5. The lowest BCUT2D eigenvalue weighted by Crippen LogP contribution is -2.43. The first-order valence-electron chi connectivity index (χ1n) is 9.07. The molecule has 142 valence electrons. The topological polar surface area (TPSA) is 38.8 Å². The molecule has 2 aromatic rings. The van der Waals surface area contributed by atoms with Gasteiger partial charge in [0.2, 0.25) is 0 Å². The van der Waals surface area contributed by atoms with E-state index in [1.54, 1.807) is 7.11 Å². The van der Waals surface area contributed by atoms with Crippen LogP contribution >= 0.6 is 11.6 Å². The molecule has 0 bridgehead atoms. The van der Waals surface area contributed by atoms with Gasteiger partial charge in [-0.2, -0.15) is 0 Å². The third-order valence-corrected chi connectivity index (χ3v) is 5.15. The third kappa shape index (κ3) is 4.02. The van der Waals surface area contributed by atoms with E-state index < -0.39 is 0 Å². The molecule has 0 radical (unpaired) electrons. The summed E-state index contributed by atoms with van der Waals surface area (Å²) in [6.45, 7) is 4.11. The Morgan fingerprint density at radius 1 is 1.15 bits per heavy atom. The van der Waals surface area contributed by atoms with Gasteiger partial charge in [0.05, 0.1) is 12.2 Å². The number of benzene rings is 2. The highest BCUT2D eigenvalue weighted by atomic mass is 35.5. The van der Waals surface area contributed by atoms with Crippen molar-refractivity contribution < 1.29 is 14.3 Å². The number of methoxy groups -OCH3 is 1. The average molecular weight is 386 g/mol. The largest absolute Gasteiger partial charge is 0.463 e. The first kappa shape index (κ1) is 19.5. The minimum Gasteiger partial charge on any atom is -0.463 e. The molecule has 1 aliphatic heterocycles. The Labute approximate surface area is 165 Å². The molecule has 5 heteroatoms. The third-order valence-electron chi connectivity index (χ3n) is 4.90. The van der Waals surface area contributed by atoms with Gasteiger partial charge < -0.3 is 14.4 Å². The van der Waals surface area contributed by atoms with Crippen LogP contribution in [0.5, 0.6) is 0 Å². The number of halogens is 1. The molecule has 2 atom stereocenters. The van der Waals surface area contributed by atoms with Gasteiger partial charge in [0.15, 0.2) is 0 Å². The lowest BCUT2D eigenvalue weighted by Gasteiger charge is -2.41. The van der Waals surface area contributed by atoms with Gasteiger partial charge in [-0.3, -0.25) is 0 Å². The summed E-state index contributed by atoms with van der Waals surface area (Å²) in [5.41, 5.74) is 3.52. The van der Waals surface area contributed by atoms with Gasteiger partial charge in [0.1, 0.15) is 6.23 Å². The van der Waals surface area contributed by atoms with Gasteiger partial charge in [-0.05, 0) is 43.7 Å². The number of nitrogens with zero attached hydrogens (tertiary/aromatic N) is 1. The van der Waals surface area contributed by atoms with E-state index in [0.717, 1.165) is 16.9 Å². The number of ether oxygens (including phenoxy) is 2. The zero-order chi connectivity index (χ0) is 19.4. The summed E-state index contributed by atoms with van der Waals surface area (Å²) in [6, 6.07) is 17.6. The molecule has 0 aromatic heterocycles. The van der Waals surface area contributed by atoms with Gasteiger partial charge in [-0.1, -0.05) is 41.9 Å². The van der Waals surface area contributed by atoms with Crippen LogP contribution in [0, 0.1) is 0 Å². The molecule has 2 aromatic carbocycles. The second kappa shape index (κ2) is 8.59. The molecule has 3 rings (SSSR count). The number of esters is 1. The van der Waals surface area contributed by atoms with Crippen LogP contribution in [-0.4, -0.2) is 25.9 Å². The molecule has 0 spiro atoms. The number of hydrogen-bond donors (Lipinski definition) is 0. The van der Waals surface area contributed by atoms with E-state index in [-0.39, 0.29) is 18.1 Å². The molecule has 2 unspecified atom stereocenters. The summed E-state index contributed by atoms with van der Waals surface area (Å²) in [4.78, 5) is 14.9. The van der Waals surface area contributed by atoms with E-state index in [1.165, 1.54) is 0 Å². The number of anilines is 1. The molecule has 1 heterocycles. The second-order valence-electron chi connectivity index (χ2n) is 6.46. The second-order valence-corrected chi connectivity index (χ2v) is 6.89. The van der Waals surface area contributed by atoms with Crippen LogP contribution in [0.25, 0.3) is 0 Å². The quantitative estimate of drug-likeness (QED) is 0.668. The van der Waals surface area contributed by atoms with Crippen molar-refractivity contribution in [3.05, 3.63) is 76.5 Å². The number of carbonyl (C=O) groups excluding carboxylic acids is 1. The molecule has 0 fully saturated rings. The lowest BCUT2D eigenvalue weighted by molar-refractivity contribution is -0.139. The monoisotopic (exact) mass is 385 g/mol. The van der Waals surface area contributed by atoms with E-state index in [2.05, 4.69) is 0 Å². The van der Waals surface area contributed by atoms with Gasteiger partial charge in [0, 0.05) is 35.9 Å². The highest BCUT2D eigenvalue weighted by molar-refractivity contribution is 6.30. The smallest absolute Gasteiger partial charge is 0.336 e. The van der Waals surface area contributed by atoms with Crippen molar-refractivity contribution in [1.29, 1.82) is 0 Å². The maximum atomic E-state index is 12.8. The Hall–Kier alpha value is -2.30. The lowest BCUT2D eigenvalue weighted by atomic mass is 9.83. The van der Waals surface area contributed by atoms with E-state index >= 15 is 0 Å². The SMILES string of the molecule is CCOC(=O)C1=C(C)N(c2ccc(Cl)cc2)C(OC)CC1c1ccccc1. The van der Waals surface area contributed by atoms with Crippen molar-refractivity contribution in [2.45, 2.75) is 32.4 Å². The molecule has 0 aliphatic carbocycles. The summed E-state index contributed by atoms with van der Waals surface area (Å²) in [6.07, 6.45) is 0.448. The van der Waals surface area contributed by atoms with Gasteiger partial charge in [0.25, 0.3) is 0 Å². The van der Waals surface area contributed by atoms with Gasteiger partial charge >= 0.3 is 5.97 Å². The Kier molecular flexibility index (Phi) is 6.19. The van der Waals surface area contributed by atoms with Crippen LogP contribution in [0.1, 0.15) is 31.7 Å². The van der Waals surface area contributed by atoms with Crippen molar-refractivity contribution in [3.8, 4) is 0 Å². The van der Waals surface area contributed by atoms with Crippen molar-refractivity contribution >= 4 is 23.3 Å². The average Bonchev–Trinajstić information content (AvgIpc) is 2.69. The standard InChI is InChI=1S/C22H24ClNO3/c1-4-27-22(25)21-15(2)24(18-12-10-17(23)11-13-18)20(26-3)14-19(21)16-8-6-5-7-9-16/h5-13,19-20H,4,14H2,1-3H3. The molecule has 1 aliphatic rings. The van der Waals surface area contributed by atoms with Crippen molar-refractivity contribution in [2.75, 3.05) is 18.6 Å². The van der Waals surface area contributed by atoms with E-state index in [9.17, 15) is 4.79 Å². The highest BCUT2D eigenvalue weighted by Crippen LogP contribution is 2.41. The van der Waals surface area contributed by atoms with E-state index in [1.807, 2.05) is 73.3 Å². The fourth-order valence-electron chi connectivity index (χ4n) is 3.67. The normalized spacial score (nSPS) is 19.9. The Balaban J connectivity index is 2.13.